The number of aromatic nitrogens is 2. The van der Waals surface area contributed by atoms with Crippen LogP contribution in [0.5, 0.6) is 0 Å². The van der Waals surface area contributed by atoms with Crippen LogP contribution in [0.25, 0.3) is 32.8 Å². The van der Waals surface area contributed by atoms with Crippen LogP contribution in [0.3, 0.4) is 0 Å². The Morgan fingerprint density at radius 1 is 1.09 bits per heavy atom. The van der Waals surface area contributed by atoms with Crippen LogP contribution in [0.1, 0.15) is 45.0 Å². The van der Waals surface area contributed by atoms with Crippen molar-refractivity contribution in [2.45, 2.75) is 46.5 Å². The molecule has 176 valence electrons. The lowest BCUT2D eigenvalue weighted by Gasteiger charge is -2.32. The Morgan fingerprint density at radius 3 is 2.65 bits per heavy atom. The molecule has 1 aliphatic rings. The van der Waals surface area contributed by atoms with Gasteiger partial charge < -0.3 is 4.90 Å². The van der Waals surface area contributed by atoms with Gasteiger partial charge in [0.1, 0.15) is 23.0 Å². The van der Waals surface area contributed by atoms with Crippen LogP contribution in [0.4, 0.5) is 14.6 Å². The maximum atomic E-state index is 16.3. The standard InChI is InChI=1S/C28H28ClF2N3/c1-4-18-22(30)12-11-17-9-6-10-19(24(17)18)25-21(29)14-20-27(26(25)31)32-23(5-2)33-28(20)34-13-7-8-16(3)15-34/h6,9-12,14,16H,4-5,7-8,13,15H2,1-3H3. The molecule has 3 nitrogen and oxygen atoms in total. The highest BCUT2D eigenvalue weighted by atomic mass is 35.5. The van der Waals surface area contributed by atoms with Crippen LogP contribution in [0.2, 0.25) is 5.02 Å². The Labute approximate surface area is 203 Å². The van der Waals surface area contributed by atoms with Crippen molar-refractivity contribution in [1.29, 1.82) is 0 Å². The number of anilines is 1. The van der Waals surface area contributed by atoms with E-state index in [0.717, 1.165) is 30.7 Å². The van der Waals surface area contributed by atoms with Gasteiger partial charge in [-0.05, 0) is 59.2 Å². The minimum absolute atomic E-state index is 0.263. The number of benzene rings is 3. The summed E-state index contributed by atoms with van der Waals surface area (Å²) in [5.74, 6) is 1.12. The van der Waals surface area contributed by atoms with Gasteiger partial charge in [0.15, 0.2) is 5.82 Å². The lowest BCUT2D eigenvalue weighted by atomic mass is 9.92. The molecule has 0 spiro atoms. The van der Waals surface area contributed by atoms with Gasteiger partial charge in [0.2, 0.25) is 0 Å². The van der Waals surface area contributed by atoms with Gasteiger partial charge in [0.25, 0.3) is 0 Å². The summed E-state index contributed by atoms with van der Waals surface area (Å²) in [6.45, 7) is 7.85. The molecule has 1 unspecified atom stereocenters. The zero-order chi connectivity index (χ0) is 24.0. The molecule has 2 heterocycles. The van der Waals surface area contributed by atoms with Crippen molar-refractivity contribution in [3.8, 4) is 11.1 Å². The topological polar surface area (TPSA) is 29.0 Å². The van der Waals surface area contributed by atoms with Crippen molar-refractivity contribution in [3.63, 3.8) is 0 Å². The molecular weight excluding hydrogens is 452 g/mol. The highest BCUT2D eigenvalue weighted by Gasteiger charge is 2.25. The van der Waals surface area contributed by atoms with E-state index in [1.54, 1.807) is 12.1 Å². The first-order chi connectivity index (χ1) is 16.4. The van der Waals surface area contributed by atoms with Crippen molar-refractivity contribution < 1.29 is 8.78 Å². The lowest BCUT2D eigenvalue weighted by molar-refractivity contribution is 0.445. The van der Waals surface area contributed by atoms with Gasteiger partial charge in [0, 0.05) is 30.5 Å². The number of rotatable bonds is 4. The number of aryl methyl sites for hydroxylation is 2. The highest BCUT2D eigenvalue weighted by Crippen LogP contribution is 2.42. The van der Waals surface area contributed by atoms with Gasteiger partial charge in [-0.3, -0.25) is 0 Å². The number of fused-ring (bicyclic) bond motifs is 2. The monoisotopic (exact) mass is 479 g/mol. The molecule has 5 rings (SSSR count). The third-order valence-electron chi connectivity index (χ3n) is 6.90. The van der Waals surface area contributed by atoms with Gasteiger partial charge in [0.05, 0.1) is 5.02 Å². The summed E-state index contributed by atoms with van der Waals surface area (Å²) in [6, 6.07) is 10.6. The number of piperidine rings is 1. The molecule has 4 aromatic rings. The molecule has 1 atom stereocenters. The maximum Gasteiger partial charge on any atom is 0.158 e. The second-order valence-electron chi connectivity index (χ2n) is 9.24. The lowest BCUT2D eigenvalue weighted by Crippen LogP contribution is -2.35. The van der Waals surface area contributed by atoms with E-state index in [1.165, 1.54) is 12.5 Å². The van der Waals surface area contributed by atoms with Gasteiger partial charge in [-0.2, -0.15) is 0 Å². The summed E-state index contributed by atoms with van der Waals surface area (Å²) in [4.78, 5) is 11.6. The number of hydrogen-bond donors (Lipinski definition) is 0. The molecule has 1 saturated heterocycles. The number of nitrogens with zero attached hydrogens (tertiary/aromatic N) is 3. The Kier molecular flexibility index (Phi) is 6.15. The molecule has 0 saturated carbocycles. The first-order valence-corrected chi connectivity index (χ1v) is 12.4. The average Bonchev–Trinajstić information content (AvgIpc) is 2.83. The van der Waals surface area contributed by atoms with Crippen LogP contribution in [0, 0.1) is 17.6 Å². The van der Waals surface area contributed by atoms with E-state index in [-0.39, 0.29) is 21.9 Å². The van der Waals surface area contributed by atoms with Crippen molar-refractivity contribution in [3.05, 3.63) is 64.4 Å². The Morgan fingerprint density at radius 2 is 1.91 bits per heavy atom. The van der Waals surface area contributed by atoms with Crippen LogP contribution >= 0.6 is 11.6 Å². The van der Waals surface area contributed by atoms with E-state index < -0.39 is 5.82 Å². The fourth-order valence-electron chi connectivity index (χ4n) is 5.24. The SMILES string of the molecule is CCc1nc(N2CCCC(C)C2)c2cc(Cl)c(-c3cccc4ccc(F)c(CC)c34)c(F)c2n1. The van der Waals surface area contributed by atoms with E-state index in [9.17, 15) is 4.39 Å². The summed E-state index contributed by atoms with van der Waals surface area (Å²) < 4.78 is 31.0. The van der Waals surface area contributed by atoms with Crippen LogP contribution in [0.15, 0.2) is 36.4 Å². The van der Waals surface area contributed by atoms with Crippen molar-refractivity contribution in [2.24, 2.45) is 5.92 Å². The van der Waals surface area contributed by atoms with Crippen LogP contribution < -0.4 is 4.90 Å². The molecule has 0 radical (unpaired) electrons. The van der Waals surface area contributed by atoms with Gasteiger partial charge >= 0.3 is 0 Å². The molecule has 1 aliphatic heterocycles. The average molecular weight is 480 g/mol. The zero-order valence-electron chi connectivity index (χ0n) is 19.8. The van der Waals surface area contributed by atoms with Crippen LogP contribution in [-0.2, 0) is 12.8 Å². The van der Waals surface area contributed by atoms with Crippen molar-refractivity contribution >= 4 is 39.1 Å². The first kappa shape index (κ1) is 23.0. The van der Waals surface area contributed by atoms with Gasteiger partial charge in [-0.25, -0.2) is 18.7 Å². The molecule has 1 fully saturated rings. The van der Waals surface area contributed by atoms with Crippen LogP contribution in [-0.4, -0.2) is 23.1 Å². The molecule has 34 heavy (non-hydrogen) atoms. The molecule has 6 heteroatoms. The molecule has 3 aromatic carbocycles. The van der Waals surface area contributed by atoms with E-state index in [1.807, 2.05) is 32.0 Å². The molecule has 1 aromatic heterocycles. The van der Waals surface area contributed by atoms with E-state index in [4.69, 9.17) is 16.6 Å². The number of halogens is 3. The third kappa shape index (κ3) is 3.80. The quantitative estimate of drug-likeness (QED) is 0.299. The van der Waals surface area contributed by atoms with E-state index in [0.29, 0.717) is 46.5 Å². The maximum absolute atomic E-state index is 16.3. The zero-order valence-corrected chi connectivity index (χ0v) is 20.5. The smallest absolute Gasteiger partial charge is 0.158 e. The molecular formula is C28H28ClF2N3. The van der Waals surface area contributed by atoms with Crippen molar-refractivity contribution in [1.82, 2.24) is 9.97 Å². The fraction of sp³-hybridized carbons (Fsp3) is 0.357. The third-order valence-corrected chi connectivity index (χ3v) is 7.20. The summed E-state index contributed by atoms with van der Waals surface area (Å²) in [5.41, 5.74) is 1.68. The Hall–Kier alpha value is -2.79. The largest absolute Gasteiger partial charge is 0.356 e. The summed E-state index contributed by atoms with van der Waals surface area (Å²) >= 11 is 6.78. The molecule has 0 bridgehead atoms. The normalized spacial score (nSPS) is 16.5. The summed E-state index contributed by atoms with van der Waals surface area (Å²) in [7, 11) is 0. The molecule has 0 amide bonds. The predicted molar refractivity (Wildman–Crippen MR) is 137 cm³/mol. The summed E-state index contributed by atoms with van der Waals surface area (Å²) in [5, 5.41) is 2.45. The van der Waals surface area contributed by atoms with Gasteiger partial charge in [-0.1, -0.05) is 56.6 Å². The Bertz CT molecular complexity index is 1400. The first-order valence-electron chi connectivity index (χ1n) is 12.1. The fourth-order valence-corrected chi connectivity index (χ4v) is 5.53. The van der Waals surface area contributed by atoms with E-state index in [2.05, 4.69) is 16.8 Å². The van der Waals surface area contributed by atoms with Gasteiger partial charge in [-0.15, -0.1) is 0 Å². The molecule has 0 aliphatic carbocycles. The van der Waals surface area contributed by atoms with E-state index >= 15 is 4.39 Å². The summed E-state index contributed by atoms with van der Waals surface area (Å²) in [6.07, 6.45) is 3.34. The minimum Gasteiger partial charge on any atom is -0.356 e. The Balaban J connectivity index is 1.81. The minimum atomic E-state index is -0.482. The molecule has 0 N–H and O–H groups in total. The number of hydrogen-bond acceptors (Lipinski definition) is 3. The second-order valence-corrected chi connectivity index (χ2v) is 9.64. The highest BCUT2D eigenvalue weighted by molar-refractivity contribution is 6.35. The predicted octanol–water partition coefficient (Wildman–Crippen LogP) is 7.74. The van der Waals surface area contributed by atoms with Crippen molar-refractivity contribution in [2.75, 3.05) is 18.0 Å². The second kappa shape index (κ2) is 9.10.